The molecule has 1 aromatic rings. The SMILES string of the molecule is c1coc(COCCCNCC2CCCNC2)c1. The first kappa shape index (κ1) is 13.6. The Morgan fingerprint density at radius 2 is 2.50 bits per heavy atom. The van der Waals surface area contributed by atoms with Crippen molar-refractivity contribution < 1.29 is 9.15 Å². The number of rotatable bonds is 8. The van der Waals surface area contributed by atoms with E-state index in [4.69, 9.17) is 9.15 Å². The van der Waals surface area contributed by atoms with Crippen LogP contribution in [-0.2, 0) is 11.3 Å². The van der Waals surface area contributed by atoms with Gasteiger partial charge in [-0.2, -0.15) is 0 Å². The number of nitrogens with one attached hydrogen (secondary N) is 2. The lowest BCUT2D eigenvalue weighted by molar-refractivity contribution is 0.104. The van der Waals surface area contributed by atoms with Crippen molar-refractivity contribution in [3.63, 3.8) is 0 Å². The highest BCUT2D eigenvalue weighted by Crippen LogP contribution is 2.08. The molecule has 1 saturated heterocycles. The molecule has 0 amide bonds. The summed E-state index contributed by atoms with van der Waals surface area (Å²) in [5.41, 5.74) is 0. The lowest BCUT2D eigenvalue weighted by atomic mass is 10.00. The fourth-order valence-corrected chi connectivity index (χ4v) is 2.27. The Bertz CT molecular complexity index is 295. The van der Waals surface area contributed by atoms with Gasteiger partial charge in [-0.05, 0) is 63.5 Å². The Balaban J connectivity index is 1.39. The van der Waals surface area contributed by atoms with Crippen molar-refractivity contribution in [1.82, 2.24) is 10.6 Å². The van der Waals surface area contributed by atoms with E-state index in [0.717, 1.165) is 37.8 Å². The van der Waals surface area contributed by atoms with Crippen LogP contribution in [0.5, 0.6) is 0 Å². The average molecular weight is 252 g/mol. The predicted octanol–water partition coefficient (Wildman–Crippen LogP) is 1.78. The number of piperidine rings is 1. The monoisotopic (exact) mass is 252 g/mol. The van der Waals surface area contributed by atoms with Crippen molar-refractivity contribution in [3.8, 4) is 0 Å². The first-order chi connectivity index (χ1) is 8.95. The van der Waals surface area contributed by atoms with E-state index in [1.54, 1.807) is 6.26 Å². The Labute approximate surface area is 109 Å². The van der Waals surface area contributed by atoms with Gasteiger partial charge in [-0.1, -0.05) is 0 Å². The van der Waals surface area contributed by atoms with Crippen molar-refractivity contribution >= 4 is 0 Å². The van der Waals surface area contributed by atoms with Gasteiger partial charge in [0.25, 0.3) is 0 Å². The quantitative estimate of drug-likeness (QED) is 0.692. The van der Waals surface area contributed by atoms with Crippen molar-refractivity contribution in [2.45, 2.75) is 25.9 Å². The molecule has 0 spiro atoms. The highest BCUT2D eigenvalue weighted by atomic mass is 16.5. The standard InChI is InChI=1S/C14H24N2O2/c1-4-13(10-15-6-1)11-16-7-3-8-17-12-14-5-2-9-18-14/h2,5,9,13,15-16H,1,3-4,6-8,10-12H2. The second-order valence-electron chi connectivity index (χ2n) is 4.90. The summed E-state index contributed by atoms with van der Waals surface area (Å²) in [6.07, 6.45) is 5.41. The number of ether oxygens (including phenoxy) is 1. The summed E-state index contributed by atoms with van der Waals surface area (Å²) in [5.74, 6) is 1.71. The van der Waals surface area contributed by atoms with Gasteiger partial charge < -0.3 is 19.8 Å². The molecular formula is C14H24N2O2. The summed E-state index contributed by atoms with van der Waals surface area (Å²) in [4.78, 5) is 0. The van der Waals surface area contributed by atoms with Crippen LogP contribution in [0.3, 0.4) is 0 Å². The molecule has 0 radical (unpaired) electrons. The summed E-state index contributed by atoms with van der Waals surface area (Å²) < 4.78 is 10.7. The molecule has 2 heterocycles. The maximum Gasteiger partial charge on any atom is 0.129 e. The van der Waals surface area contributed by atoms with E-state index < -0.39 is 0 Å². The summed E-state index contributed by atoms with van der Waals surface area (Å²) in [6, 6.07) is 3.83. The zero-order valence-corrected chi connectivity index (χ0v) is 11.0. The minimum absolute atomic E-state index is 0.583. The van der Waals surface area contributed by atoms with E-state index in [0.29, 0.717) is 6.61 Å². The van der Waals surface area contributed by atoms with Gasteiger partial charge in [0.1, 0.15) is 12.4 Å². The maximum absolute atomic E-state index is 5.52. The highest BCUT2D eigenvalue weighted by molar-refractivity contribution is 4.95. The van der Waals surface area contributed by atoms with E-state index in [-0.39, 0.29) is 0 Å². The van der Waals surface area contributed by atoms with Crippen LogP contribution >= 0.6 is 0 Å². The second kappa shape index (κ2) is 8.29. The third kappa shape index (κ3) is 5.21. The van der Waals surface area contributed by atoms with Crippen molar-refractivity contribution in [2.24, 2.45) is 5.92 Å². The fraction of sp³-hybridized carbons (Fsp3) is 0.714. The normalized spacial score (nSPS) is 20.1. The van der Waals surface area contributed by atoms with Crippen LogP contribution in [0.2, 0.25) is 0 Å². The van der Waals surface area contributed by atoms with Gasteiger partial charge in [0, 0.05) is 6.61 Å². The molecule has 0 bridgehead atoms. The molecular weight excluding hydrogens is 228 g/mol. The molecule has 4 heteroatoms. The van der Waals surface area contributed by atoms with Crippen LogP contribution in [0.1, 0.15) is 25.0 Å². The van der Waals surface area contributed by atoms with Crippen molar-refractivity contribution in [1.29, 1.82) is 0 Å². The fourth-order valence-electron chi connectivity index (χ4n) is 2.27. The minimum atomic E-state index is 0.583. The molecule has 0 saturated carbocycles. The van der Waals surface area contributed by atoms with Crippen molar-refractivity contribution in [3.05, 3.63) is 24.2 Å². The smallest absolute Gasteiger partial charge is 0.129 e. The Morgan fingerprint density at radius 1 is 1.50 bits per heavy atom. The van der Waals surface area contributed by atoms with Gasteiger partial charge in [0.2, 0.25) is 0 Å². The zero-order valence-electron chi connectivity index (χ0n) is 11.0. The molecule has 2 rings (SSSR count). The lowest BCUT2D eigenvalue weighted by Gasteiger charge is -2.22. The molecule has 0 aromatic carbocycles. The van der Waals surface area contributed by atoms with E-state index in [1.807, 2.05) is 12.1 Å². The third-order valence-corrected chi connectivity index (χ3v) is 3.30. The molecule has 1 fully saturated rings. The third-order valence-electron chi connectivity index (χ3n) is 3.30. The van der Waals surface area contributed by atoms with Crippen LogP contribution in [0.15, 0.2) is 22.8 Å². The largest absolute Gasteiger partial charge is 0.467 e. The van der Waals surface area contributed by atoms with Crippen LogP contribution < -0.4 is 10.6 Å². The number of furan rings is 1. The van der Waals surface area contributed by atoms with Gasteiger partial charge >= 0.3 is 0 Å². The Kier molecular flexibility index (Phi) is 6.26. The number of hydrogen-bond donors (Lipinski definition) is 2. The topological polar surface area (TPSA) is 46.4 Å². The second-order valence-corrected chi connectivity index (χ2v) is 4.90. The van der Waals surface area contributed by atoms with E-state index in [2.05, 4.69) is 10.6 Å². The molecule has 0 aliphatic carbocycles. The van der Waals surface area contributed by atoms with Gasteiger partial charge in [0.05, 0.1) is 6.26 Å². The van der Waals surface area contributed by atoms with Gasteiger partial charge in [-0.15, -0.1) is 0 Å². The van der Waals surface area contributed by atoms with Gasteiger partial charge in [0.15, 0.2) is 0 Å². The molecule has 1 aliphatic rings. The molecule has 18 heavy (non-hydrogen) atoms. The first-order valence-corrected chi connectivity index (χ1v) is 6.97. The zero-order chi connectivity index (χ0) is 12.5. The van der Waals surface area contributed by atoms with Crippen molar-refractivity contribution in [2.75, 3.05) is 32.8 Å². The highest BCUT2D eigenvalue weighted by Gasteiger charge is 2.11. The van der Waals surface area contributed by atoms with Crippen LogP contribution in [0.4, 0.5) is 0 Å². The average Bonchev–Trinajstić information content (AvgIpc) is 2.92. The molecule has 102 valence electrons. The summed E-state index contributed by atoms with van der Waals surface area (Å²) in [5, 5.41) is 6.94. The minimum Gasteiger partial charge on any atom is -0.467 e. The van der Waals surface area contributed by atoms with E-state index >= 15 is 0 Å². The predicted molar refractivity (Wildman–Crippen MR) is 71.4 cm³/mol. The molecule has 1 atom stereocenters. The van der Waals surface area contributed by atoms with Crippen LogP contribution in [0.25, 0.3) is 0 Å². The van der Waals surface area contributed by atoms with Crippen LogP contribution in [0, 0.1) is 5.92 Å². The maximum atomic E-state index is 5.52. The Hall–Kier alpha value is -0.840. The van der Waals surface area contributed by atoms with Gasteiger partial charge in [-0.25, -0.2) is 0 Å². The Morgan fingerprint density at radius 3 is 3.28 bits per heavy atom. The van der Waals surface area contributed by atoms with Gasteiger partial charge in [-0.3, -0.25) is 0 Å². The molecule has 2 N–H and O–H groups in total. The summed E-state index contributed by atoms with van der Waals surface area (Å²) >= 11 is 0. The lowest BCUT2D eigenvalue weighted by Crippen LogP contribution is -2.36. The summed E-state index contributed by atoms with van der Waals surface area (Å²) in [7, 11) is 0. The molecule has 1 unspecified atom stereocenters. The first-order valence-electron chi connectivity index (χ1n) is 6.97. The summed E-state index contributed by atoms with van der Waals surface area (Å²) in [6.45, 7) is 5.90. The molecule has 1 aromatic heterocycles. The van der Waals surface area contributed by atoms with E-state index in [9.17, 15) is 0 Å². The molecule has 1 aliphatic heterocycles. The van der Waals surface area contributed by atoms with E-state index in [1.165, 1.54) is 25.9 Å². The van der Waals surface area contributed by atoms with Crippen LogP contribution in [-0.4, -0.2) is 32.8 Å². The molecule has 4 nitrogen and oxygen atoms in total. The number of hydrogen-bond acceptors (Lipinski definition) is 4.